The molecule has 9 heteroatoms. The van der Waals surface area contributed by atoms with Crippen molar-refractivity contribution < 1.29 is 23.0 Å². The maximum atomic E-state index is 15.7. The third kappa shape index (κ3) is 5.27. The van der Waals surface area contributed by atoms with Crippen LogP contribution in [0.15, 0.2) is 77.7 Å². The molecule has 3 aromatic rings. The number of alkyl halides is 2. The number of nitrogens with one attached hydrogen (secondary N) is 1. The van der Waals surface area contributed by atoms with Gasteiger partial charge in [0.15, 0.2) is 22.8 Å². The van der Waals surface area contributed by atoms with E-state index in [4.69, 9.17) is 26.4 Å². The molecule has 0 saturated carbocycles. The van der Waals surface area contributed by atoms with Crippen LogP contribution in [-0.2, 0) is 27.4 Å². The van der Waals surface area contributed by atoms with E-state index >= 15 is 4.39 Å². The Hall–Kier alpha value is -2.72. The lowest BCUT2D eigenvalue weighted by atomic mass is 9.97. The highest BCUT2D eigenvalue weighted by Gasteiger charge is 2.58. The zero-order valence-corrected chi connectivity index (χ0v) is 18.5. The fourth-order valence-corrected chi connectivity index (χ4v) is 4.10. The summed E-state index contributed by atoms with van der Waals surface area (Å²) in [4.78, 5) is 14.0. The summed E-state index contributed by atoms with van der Waals surface area (Å²) in [6.45, 7) is -0.989. The van der Waals surface area contributed by atoms with Crippen LogP contribution in [0.3, 0.4) is 0 Å². The predicted octanol–water partition coefficient (Wildman–Crippen LogP) is 4.28. The lowest BCUT2D eigenvalue weighted by molar-refractivity contribution is -0.164. The van der Waals surface area contributed by atoms with Gasteiger partial charge in [0.05, 0.1) is 19.8 Å². The number of ether oxygens (including phenoxy) is 3. The number of benzene rings is 2. The smallest absolute Gasteiger partial charge is 0.251 e. The standard InChI is InChI=1S/C24H24F2N2O4S/c25-15-24(16-30-13-17-7-3-1-4-8-17)21(31-14-18-9-5-2-6-10-18)20(26)22(32-24)28-12-11-19(29)27-23(28)33/h1-12,20-22H,13-16H2,(H,27,29,33)/t20-,21+,22-,24-/m1/s1. The molecule has 0 bridgehead atoms. The highest BCUT2D eigenvalue weighted by atomic mass is 32.1. The maximum Gasteiger partial charge on any atom is 0.251 e. The molecule has 33 heavy (non-hydrogen) atoms. The normalized spacial score (nSPS) is 24.7. The Morgan fingerprint density at radius 3 is 2.27 bits per heavy atom. The molecule has 0 spiro atoms. The van der Waals surface area contributed by atoms with Gasteiger partial charge in [-0.2, -0.15) is 0 Å². The van der Waals surface area contributed by atoms with Crippen molar-refractivity contribution in [1.29, 1.82) is 0 Å². The summed E-state index contributed by atoms with van der Waals surface area (Å²) < 4.78 is 49.1. The van der Waals surface area contributed by atoms with E-state index in [1.54, 1.807) is 0 Å². The first-order valence-electron chi connectivity index (χ1n) is 10.5. The molecule has 1 aliphatic rings. The molecule has 1 saturated heterocycles. The number of aromatic amines is 1. The SMILES string of the molecule is O=c1ccn([C@@H]2O[C@](CF)(COCc3ccccc3)[C@@H](OCc3ccccc3)[C@H]2F)c(=S)[nH]1. The van der Waals surface area contributed by atoms with Crippen LogP contribution in [0.4, 0.5) is 8.78 Å². The van der Waals surface area contributed by atoms with Crippen molar-refractivity contribution in [1.82, 2.24) is 9.55 Å². The molecule has 0 amide bonds. The first-order valence-corrected chi connectivity index (χ1v) is 10.9. The Labute approximate surface area is 194 Å². The molecule has 6 nitrogen and oxygen atoms in total. The van der Waals surface area contributed by atoms with E-state index in [-0.39, 0.29) is 24.6 Å². The molecule has 4 atom stereocenters. The zero-order chi connectivity index (χ0) is 23.3. The van der Waals surface area contributed by atoms with Crippen molar-refractivity contribution in [3.05, 3.63) is 99.2 Å². The fourth-order valence-electron chi connectivity index (χ4n) is 3.83. The van der Waals surface area contributed by atoms with Crippen LogP contribution in [0.1, 0.15) is 17.4 Å². The van der Waals surface area contributed by atoms with Crippen molar-refractivity contribution >= 4 is 12.2 Å². The summed E-state index contributed by atoms with van der Waals surface area (Å²) in [5.41, 5.74) is -0.419. The van der Waals surface area contributed by atoms with Crippen molar-refractivity contribution in [3.8, 4) is 0 Å². The van der Waals surface area contributed by atoms with Gasteiger partial charge in [0.25, 0.3) is 5.56 Å². The minimum Gasteiger partial charge on any atom is -0.374 e. The zero-order valence-electron chi connectivity index (χ0n) is 17.7. The summed E-state index contributed by atoms with van der Waals surface area (Å²) in [6.07, 6.45) is -2.99. The van der Waals surface area contributed by atoms with E-state index in [9.17, 15) is 9.18 Å². The monoisotopic (exact) mass is 474 g/mol. The molecule has 1 aliphatic heterocycles. The van der Waals surface area contributed by atoms with Crippen LogP contribution >= 0.6 is 12.2 Å². The first kappa shape index (κ1) is 23.4. The van der Waals surface area contributed by atoms with Gasteiger partial charge in [-0.25, -0.2) is 8.78 Å². The highest BCUT2D eigenvalue weighted by molar-refractivity contribution is 7.71. The summed E-state index contributed by atoms with van der Waals surface area (Å²) in [5, 5.41) is 0. The van der Waals surface area contributed by atoms with E-state index in [0.717, 1.165) is 11.1 Å². The second kappa shape index (κ2) is 10.5. The molecule has 2 heterocycles. The topological polar surface area (TPSA) is 65.5 Å². The van der Waals surface area contributed by atoms with E-state index in [0.29, 0.717) is 0 Å². The van der Waals surface area contributed by atoms with E-state index in [1.807, 2.05) is 60.7 Å². The largest absolute Gasteiger partial charge is 0.374 e. The molecule has 2 aromatic carbocycles. The van der Waals surface area contributed by atoms with E-state index in [1.165, 1.54) is 16.8 Å². The van der Waals surface area contributed by atoms with Gasteiger partial charge >= 0.3 is 0 Å². The molecule has 174 valence electrons. The molecule has 4 rings (SSSR count). The van der Waals surface area contributed by atoms with Crippen LogP contribution < -0.4 is 5.56 Å². The Kier molecular flexibility index (Phi) is 7.44. The number of H-pyrrole nitrogens is 1. The number of hydrogen-bond donors (Lipinski definition) is 1. The molecular formula is C24H24F2N2O4S. The highest BCUT2D eigenvalue weighted by Crippen LogP contribution is 2.42. The molecule has 0 unspecified atom stereocenters. The fraction of sp³-hybridized carbons (Fsp3) is 0.333. The van der Waals surface area contributed by atoms with Gasteiger partial charge in [-0.1, -0.05) is 60.7 Å². The number of aromatic nitrogens is 2. The Balaban J connectivity index is 1.59. The van der Waals surface area contributed by atoms with Gasteiger partial charge in [-0.05, 0) is 23.3 Å². The molecule has 0 aliphatic carbocycles. The van der Waals surface area contributed by atoms with Crippen LogP contribution in [-0.4, -0.2) is 40.7 Å². The number of hydrogen-bond acceptors (Lipinski definition) is 5. The van der Waals surface area contributed by atoms with Gasteiger partial charge in [0, 0.05) is 12.3 Å². The second-order valence-electron chi connectivity index (χ2n) is 7.86. The van der Waals surface area contributed by atoms with Crippen LogP contribution in [0.25, 0.3) is 0 Å². The molecule has 0 radical (unpaired) electrons. The predicted molar refractivity (Wildman–Crippen MR) is 121 cm³/mol. The lowest BCUT2D eigenvalue weighted by Crippen LogP contribution is -2.49. The number of rotatable bonds is 9. The summed E-state index contributed by atoms with van der Waals surface area (Å²) in [7, 11) is 0. The quantitative estimate of drug-likeness (QED) is 0.469. The summed E-state index contributed by atoms with van der Waals surface area (Å²) in [5.74, 6) is 0. The Morgan fingerprint density at radius 2 is 1.67 bits per heavy atom. The molecule has 1 fully saturated rings. The van der Waals surface area contributed by atoms with Gasteiger partial charge in [-0.3, -0.25) is 14.3 Å². The van der Waals surface area contributed by atoms with Gasteiger partial charge in [0.1, 0.15) is 12.8 Å². The average molecular weight is 475 g/mol. The van der Waals surface area contributed by atoms with Crippen LogP contribution in [0.2, 0.25) is 0 Å². The van der Waals surface area contributed by atoms with Gasteiger partial charge < -0.3 is 14.2 Å². The van der Waals surface area contributed by atoms with Crippen LogP contribution in [0, 0.1) is 4.77 Å². The minimum atomic E-state index is -1.76. The Morgan fingerprint density at radius 1 is 1.03 bits per heavy atom. The summed E-state index contributed by atoms with van der Waals surface area (Å²) >= 11 is 5.17. The van der Waals surface area contributed by atoms with E-state index in [2.05, 4.69) is 4.98 Å². The van der Waals surface area contributed by atoms with Crippen molar-refractivity contribution in [3.63, 3.8) is 0 Å². The second-order valence-corrected chi connectivity index (χ2v) is 8.25. The number of halogens is 2. The van der Waals surface area contributed by atoms with Gasteiger partial charge in [-0.15, -0.1) is 0 Å². The third-order valence-electron chi connectivity index (χ3n) is 5.52. The summed E-state index contributed by atoms with van der Waals surface area (Å²) in [6, 6.07) is 19.8. The molecule has 1 N–H and O–H groups in total. The number of nitrogens with zero attached hydrogens (tertiary/aromatic N) is 1. The van der Waals surface area contributed by atoms with Crippen LogP contribution in [0.5, 0.6) is 0 Å². The van der Waals surface area contributed by atoms with Crippen molar-refractivity contribution in [2.75, 3.05) is 13.3 Å². The average Bonchev–Trinajstić information content (AvgIpc) is 3.10. The van der Waals surface area contributed by atoms with E-state index < -0.39 is 36.3 Å². The van der Waals surface area contributed by atoms with Gasteiger partial charge in [0.2, 0.25) is 0 Å². The third-order valence-corrected chi connectivity index (χ3v) is 5.83. The molecule has 1 aromatic heterocycles. The Bertz CT molecular complexity index is 1160. The molecular weight excluding hydrogens is 450 g/mol. The van der Waals surface area contributed by atoms with Crippen molar-refractivity contribution in [2.24, 2.45) is 0 Å². The maximum absolute atomic E-state index is 15.7. The first-order chi connectivity index (χ1) is 16.0. The van der Waals surface area contributed by atoms with Crippen molar-refractivity contribution in [2.45, 2.75) is 37.3 Å². The minimum absolute atomic E-state index is 0.0307. The lowest BCUT2D eigenvalue weighted by Gasteiger charge is -2.31.